The Hall–Kier alpha value is -2.28. The Morgan fingerprint density at radius 3 is 2.80 bits per heavy atom. The van der Waals surface area contributed by atoms with Crippen molar-refractivity contribution in [2.45, 2.75) is 39.7 Å². The van der Waals surface area contributed by atoms with Crippen molar-refractivity contribution in [3.8, 4) is 11.8 Å². The molecule has 1 aromatic carbocycles. The first-order valence-electron chi connectivity index (χ1n) is 6.72. The summed E-state index contributed by atoms with van der Waals surface area (Å²) in [6.45, 7) is 5.76. The zero-order valence-corrected chi connectivity index (χ0v) is 12.0. The van der Waals surface area contributed by atoms with Crippen LogP contribution in [0.1, 0.15) is 31.5 Å². The fraction of sp³-hybridized carbons (Fsp3) is 0.375. The molecule has 104 valence electrons. The van der Waals surface area contributed by atoms with E-state index in [9.17, 15) is 4.79 Å². The molecule has 0 aliphatic rings. The number of aromatic amines is 1. The summed E-state index contributed by atoms with van der Waals surface area (Å²) in [5, 5.41) is 9.30. The lowest BCUT2D eigenvalue weighted by molar-refractivity contribution is 0.243. The van der Waals surface area contributed by atoms with Gasteiger partial charge in [-0.15, -0.1) is 0 Å². The molecule has 0 atom stereocenters. The van der Waals surface area contributed by atoms with E-state index in [0.717, 1.165) is 11.2 Å². The van der Waals surface area contributed by atoms with E-state index >= 15 is 0 Å². The lowest BCUT2D eigenvalue weighted by Crippen LogP contribution is -2.14. The van der Waals surface area contributed by atoms with Gasteiger partial charge in [-0.3, -0.25) is 4.79 Å². The van der Waals surface area contributed by atoms with Crippen molar-refractivity contribution < 1.29 is 4.74 Å². The average Bonchev–Trinajstić information content (AvgIpc) is 2.39. The Kier molecular flexibility index (Phi) is 4.09. The molecule has 0 unspecified atom stereocenters. The minimum absolute atomic E-state index is 0.0132. The molecule has 0 spiro atoms. The summed E-state index contributed by atoms with van der Waals surface area (Å²) in [5.41, 5.74) is 2.29. The molecule has 0 aliphatic carbocycles. The number of ether oxygens (including phenoxy) is 1. The molecule has 4 heteroatoms. The zero-order valence-electron chi connectivity index (χ0n) is 12.0. The predicted molar refractivity (Wildman–Crippen MR) is 79.0 cm³/mol. The van der Waals surface area contributed by atoms with Crippen LogP contribution in [0.2, 0.25) is 0 Å². The topological polar surface area (TPSA) is 65.9 Å². The summed E-state index contributed by atoms with van der Waals surface area (Å²) in [4.78, 5) is 15.7. The van der Waals surface area contributed by atoms with E-state index in [4.69, 9.17) is 10.00 Å². The Bertz CT molecular complexity index is 724. The molecule has 1 N–H and O–H groups in total. The number of nitrogens with zero attached hydrogens (tertiary/aromatic N) is 1. The minimum Gasteiger partial charge on any atom is -0.491 e. The molecule has 0 saturated heterocycles. The van der Waals surface area contributed by atoms with Gasteiger partial charge >= 0.3 is 0 Å². The van der Waals surface area contributed by atoms with Crippen LogP contribution < -0.4 is 10.2 Å². The van der Waals surface area contributed by atoms with Gasteiger partial charge in [0.15, 0.2) is 5.43 Å². The number of hydrogen-bond acceptors (Lipinski definition) is 3. The van der Waals surface area contributed by atoms with E-state index in [-0.39, 0.29) is 11.5 Å². The van der Waals surface area contributed by atoms with E-state index < -0.39 is 0 Å². The van der Waals surface area contributed by atoms with Gasteiger partial charge in [0.25, 0.3) is 0 Å². The summed E-state index contributed by atoms with van der Waals surface area (Å²) in [7, 11) is 0. The van der Waals surface area contributed by atoms with Crippen LogP contribution in [0.4, 0.5) is 0 Å². The second-order valence-corrected chi connectivity index (χ2v) is 5.09. The summed E-state index contributed by atoms with van der Waals surface area (Å²) in [6, 6.07) is 7.56. The van der Waals surface area contributed by atoms with Gasteiger partial charge in [0, 0.05) is 28.6 Å². The second kappa shape index (κ2) is 5.79. The van der Waals surface area contributed by atoms with Crippen molar-refractivity contribution in [3.63, 3.8) is 0 Å². The maximum Gasteiger partial charge on any atom is 0.192 e. The Morgan fingerprint density at radius 1 is 1.40 bits per heavy atom. The summed E-state index contributed by atoms with van der Waals surface area (Å²) >= 11 is 0. The highest BCUT2D eigenvalue weighted by Crippen LogP contribution is 2.20. The highest BCUT2D eigenvalue weighted by Gasteiger charge is 2.10. The first kappa shape index (κ1) is 14.1. The quantitative estimate of drug-likeness (QED) is 0.928. The van der Waals surface area contributed by atoms with E-state index in [1.807, 2.05) is 32.9 Å². The minimum atomic E-state index is -0.0132. The van der Waals surface area contributed by atoms with Gasteiger partial charge in [-0.1, -0.05) is 0 Å². The largest absolute Gasteiger partial charge is 0.491 e. The summed E-state index contributed by atoms with van der Waals surface area (Å²) < 4.78 is 5.62. The lowest BCUT2D eigenvalue weighted by Gasteiger charge is -2.11. The molecule has 0 saturated carbocycles. The van der Waals surface area contributed by atoms with Crippen molar-refractivity contribution in [1.29, 1.82) is 5.26 Å². The first-order valence-corrected chi connectivity index (χ1v) is 6.72. The molecule has 0 amide bonds. The monoisotopic (exact) mass is 270 g/mol. The SMILES string of the molecule is Cc1[nH]c2ccc(OC(C)C)cc2c(=O)c1CCC#N. The predicted octanol–water partition coefficient (Wildman–Crippen LogP) is 3.08. The number of hydrogen-bond donors (Lipinski definition) is 1. The van der Waals surface area contributed by atoms with E-state index in [2.05, 4.69) is 11.1 Å². The van der Waals surface area contributed by atoms with Gasteiger partial charge < -0.3 is 9.72 Å². The Balaban J connectivity index is 2.56. The third-order valence-corrected chi connectivity index (χ3v) is 3.14. The van der Waals surface area contributed by atoms with Crippen LogP contribution in [0.5, 0.6) is 5.75 Å². The van der Waals surface area contributed by atoms with Crippen molar-refractivity contribution in [2.24, 2.45) is 0 Å². The number of fused-ring (bicyclic) bond motifs is 1. The summed E-state index contributed by atoms with van der Waals surface area (Å²) in [6.07, 6.45) is 0.885. The van der Waals surface area contributed by atoms with Gasteiger partial charge in [0.05, 0.1) is 12.2 Å². The van der Waals surface area contributed by atoms with Crippen LogP contribution in [-0.4, -0.2) is 11.1 Å². The molecule has 0 fully saturated rings. The number of aryl methyl sites for hydroxylation is 1. The molecule has 0 bridgehead atoms. The average molecular weight is 270 g/mol. The van der Waals surface area contributed by atoms with Crippen LogP contribution in [0.3, 0.4) is 0 Å². The molecule has 2 aromatic rings. The fourth-order valence-electron chi connectivity index (χ4n) is 2.26. The van der Waals surface area contributed by atoms with Crippen LogP contribution in [-0.2, 0) is 6.42 Å². The number of H-pyrrole nitrogens is 1. The number of benzene rings is 1. The third-order valence-electron chi connectivity index (χ3n) is 3.14. The molecular formula is C16H18N2O2. The van der Waals surface area contributed by atoms with Crippen LogP contribution in [0, 0.1) is 18.3 Å². The number of rotatable bonds is 4. The lowest BCUT2D eigenvalue weighted by atomic mass is 10.0. The van der Waals surface area contributed by atoms with Gasteiger partial charge in [0.2, 0.25) is 0 Å². The molecule has 1 aromatic heterocycles. The molecule has 20 heavy (non-hydrogen) atoms. The maximum absolute atomic E-state index is 12.5. The van der Waals surface area contributed by atoms with Crippen LogP contribution in [0.25, 0.3) is 10.9 Å². The van der Waals surface area contributed by atoms with Gasteiger partial charge in [-0.05, 0) is 45.4 Å². The fourth-order valence-corrected chi connectivity index (χ4v) is 2.26. The zero-order chi connectivity index (χ0) is 14.7. The normalized spacial score (nSPS) is 10.8. The highest BCUT2D eigenvalue weighted by molar-refractivity contribution is 5.81. The number of aromatic nitrogens is 1. The molecule has 0 aliphatic heterocycles. The Morgan fingerprint density at radius 2 is 2.15 bits per heavy atom. The number of nitriles is 1. The maximum atomic E-state index is 12.5. The number of pyridine rings is 1. The molecule has 0 radical (unpaired) electrons. The van der Waals surface area contributed by atoms with Gasteiger partial charge in [-0.25, -0.2) is 0 Å². The summed E-state index contributed by atoms with van der Waals surface area (Å²) in [5.74, 6) is 0.688. The second-order valence-electron chi connectivity index (χ2n) is 5.09. The standard InChI is InChI=1S/C16H18N2O2/c1-10(2)20-12-6-7-15-14(9-12)16(19)13(5-4-8-17)11(3)18-15/h6-7,9-10H,4-5H2,1-3H3,(H,18,19). The molecular weight excluding hydrogens is 252 g/mol. The van der Waals surface area contributed by atoms with E-state index in [1.165, 1.54) is 0 Å². The number of nitrogens with one attached hydrogen (secondary N) is 1. The van der Waals surface area contributed by atoms with Crippen molar-refractivity contribution in [2.75, 3.05) is 0 Å². The van der Waals surface area contributed by atoms with E-state index in [1.54, 1.807) is 6.07 Å². The van der Waals surface area contributed by atoms with Crippen LogP contribution >= 0.6 is 0 Å². The molecule has 4 nitrogen and oxygen atoms in total. The molecule has 1 heterocycles. The van der Waals surface area contributed by atoms with Crippen LogP contribution in [0.15, 0.2) is 23.0 Å². The Labute approximate surface area is 118 Å². The van der Waals surface area contributed by atoms with Gasteiger partial charge in [-0.2, -0.15) is 5.26 Å². The van der Waals surface area contributed by atoms with Crippen molar-refractivity contribution in [1.82, 2.24) is 4.98 Å². The molecule has 2 rings (SSSR count). The van der Waals surface area contributed by atoms with Crippen molar-refractivity contribution in [3.05, 3.63) is 39.7 Å². The highest BCUT2D eigenvalue weighted by atomic mass is 16.5. The van der Waals surface area contributed by atoms with Gasteiger partial charge in [0.1, 0.15) is 5.75 Å². The first-order chi connectivity index (χ1) is 9.52. The third kappa shape index (κ3) is 2.83. The van der Waals surface area contributed by atoms with E-state index in [0.29, 0.717) is 29.5 Å². The smallest absolute Gasteiger partial charge is 0.192 e. The van der Waals surface area contributed by atoms with Crippen molar-refractivity contribution >= 4 is 10.9 Å².